The number of nitrogens with two attached hydrogens (primary N) is 1. The maximum atomic E-state index is 12.0. The van der Waals surface area contributed by atoms with Gasteiger partial charge in [-0.25, -0.2) is 4.98 Å². The molecule has 1 aromatic heterocycles. The molecule has 1 aromatic carbocycles. The van der Waals surface area contributed by atoms with Gasteiger partial charge in [0.1, 0.15) is 5.82 Å². The lowest BCUT2D eigenvalue weighted by atomic mass is 9.74. The topological polar surface area (TPSA) is 92.3 Å². The standard InChI is InChI=1S/C20H26N4O2/c1-15-14-17(23-19(21)22-15)24-12-10-20(11-13-24,18(25)26)9-5-8-16-6-3-2-4-7-16/h2-4,6-7,14H,5,8-13H2,1H3,(H,25,26)(H2,21,22,23). The van der Waals surface area contributed by atoms with Gasteiger partial charge in [0.15, 0.2) is 0 Å². The van der Waals surface area contributed by atoms with Crippen molar-refractivity contribution in [1.29, 1.82) is 0 Å². The molecular weight excluding hydrogens is 328 g/mol. The van der Waals surface area contributed by atoms with Crippen molar-refractivity contribution in [3.05, 3.63) is 47.7 Å². The molecule has 0 unspecified atom stereocenters. The summed E-state index contributed by atoms with van der Waals surface area (Å²) in [6, 6.07) is 12.1. The molecule has 1 aliphatic heterocycles. The van der Waals surface area contributed by atoms with Crippen molar-refractivity contribution >= 4 is 17.7 Å². The minimum Gasteiger partial charge on any atom is -0.481 e. The molecule has 0 aliphatic carbocycles. The number of nitrogen functional groups attached to an aromatic ring is 1. The fraction of sp³-hybridized carbons (Fsp3) is 0.450. The van der Waals surface area contributed by atoms with Crippen molar-refractivity contribution < 1.29 is 9.90 Å². The second-order valence-corrected chi connectivity index (χ2v) is 7.14. The van der Waals surface area contributed by atoms with Crippen molar-refractivity contribution in [2.24, 2.45) is 5.41 Å². The molecule has 1 fully saturated rings. The average molecular weight is 354 g/mol. The number of piperidine rings is 1. The molecule has 1 aliphatic rings. The third-order valence-electron chi connectivity index (χ3n) is 5.32. The molecule has 3 rings (SSSR count). The third kappa shape index (κ3) is 4.12. The first-order valence-electron chi connectivity index (χ1n) is 9.12. The Morgan fingerprint density at radius 3 is 2.54 bits per heavy atom. The number of nitrogens with zero attached hydrogens (tertiary/aromatic N) is 3. The smallest absolute Gasteiger partial charge is 0.309 e. The number of rotatable bonds is 6. The van der Waals surface area contributed by atoms with Gasteiger partial charge < -0.3 is 15.7 Å². The van der Waals surface area contributed by atoms with Crippen LogP contribution in [0.5, 0.6) is 0 Å². The Balaban J connectivity index is 1.62. The van der Waals surface area contributed by atoms with Gasteiger partial charge in [0, 0.05) is 24.8 Å². The molecule has 6 heteroatoms. The number of aryl methyl sites for hydroxylation is 2. The van der Waals surface area contributed by atoms with E-state index in [2.05, 4.69) is 27.0 Å². The van der Waals surface area contributed by atoms with Gasteiger partial charge in [-0.15, -0.1) is 0 Å². The molecule has 2 heterocycles. The van der Waals surface area contributed by atoms with E-state index >= 15 is 0 Å². The van der Waals surface area contributed by atoms with Gasteiger partial charge in [-0.1, -0.05) is 30.3 Å². The Morgan fingerprint density at radius 1 is 1.23 bits per heavy atom. The quantitative estimate of drug-likeness (QED) is 0.828. The van der Waals surface area contributed by atoms with E-state index in [1.807, 2.05) is 31.2 Å². The molecule has 3 N–H and O–H groups in total. The van der Waals surface area contributed by atoms with Crippen LogP contribution >= 0.6 is 0 Å². The number of aliphatic carboxylic acids is 1. The minimum atomic E-state index is -0.677. The van der Waals surface area contributed by atoms with Gasteiger partial charge >= 0.3 is 5.97 Å². The molecule has 0 amide bonds. The van der Waals surface area contributed by atoms with E-state index in [4.69, 9.17) is 5.73 Å². The van der Waals surface area contributed by atoms with E-state index in [1.165, 1.54) is 5.56 Å². The molecule has 26 heavy (non-hydrogen) atoms. The number of benzene rings is 1. The summed E-state index contributed by atoms with van der Waals surface area (Å²) >= 11 is 0. The van der Waals surface area contributed by atoms with E-state index in [9.17, 15) is 9.90 Å². The maximum absolute atomic E-state index is 12.0. The fourth-order valence-electron chi connectivity index (χ4n) is 3.75. The average Bonchev–Trinajstić information content (AvgIpc) is 2.62. The van der Waals surface area contributed by atoms with Gasteiger partial charge in [0.2, 0.25) is 5.95 Å². The van der Waals surface area contributed by atoms with Crippen LogP contribution in [0, 0.1) is 12.3 Å². The Kier molecular flexibility index (Phi) is 5.40. The predicted molar refractivity (Wildman–Crippen MR) is 102 cm³/mol. The Hall–Kier alpha value is -2.63. The molecule has 1 saturated heterocycles. The first kappa shape index (κ1) is 18.2. The first-order valence-corrected chi connectivity index (χ1v) is 9.12. The highest BCUT2D eigenvalue weighted by molar-refractivity contribution is 5.75. The molecule has 0 bridgehead atoms. The van der Waals surface area contributed by atoms with Gasteiger partial charge in [-0.2, -0.15) is 4.98 Å². The molecule has 0 radical (unpaired) electrons. The highest BCUT2D eigenvalue weighted by Crippen LogP contribution is 2.38. The van der Waals surface area contributed by atoms with Crippen LogP contribution < -0.4 is 10.6 Å². The zero-order chi connectivity index (χ0) is 18.6. The Bertz CT molecular complexity index is 735. The summed E-state index contributed by atoms with van der Waals surface area (Å²) in [6.07, 6.45) is 3.76. The van der Waals surface area contributed by atoms with Gasteiger partial charge in [-0.05, 0) is 44.6 Å². The summed E-state index contributed by atoms with van der Waals surface area (Å²) in [5.74, 6) is 0.375. The van der Waals surface area contributed by atoms with Crippen molar-refractivity contribution in [3.8, 4) is 0 Å². The largest absolute Gasteiger partial charge is 0.481 e. The zero-order valence-electron chi connectivity index (χ0n) is 15.2. The van der Waals surface area contributed by atoms with Crippen molar-refractivity contribution in [1.82, 2.24) is 9.97 Å². The van der Waals surface area contributed by atoms with E-state index in [0.717, 1.165) is 24.4 Å². The number of carboxylic acid groups (broad SMARTS) is 1. The monoisotopic (exact) mass is 354 g/mol. The normalized spacial score (nSPS) is 16.4. The van der Waals surface area contributed by atoms with Crippen LogP contribution in [-0.4, -0.2) is 34.1 Å². The van der Waals surface area contributed by atoms with E-state index in [-0.39, 0.29) is 5.95 Å². The maximum Gasteiger partial charge on any atom is 0.309 e. The summed E-state index contributed by atoms with van der Waals surface area (Å²) in [4.78, 5) is 22.5. The lowest BCUT2D eigenvalue weighted by molar-refractivity contribution is -0.151. The van der Waals surface area contributed by atoms with E-state index < -0.39 is 11.4 Å². The molecule has 0 spiro atoms. The number of hydrogen-bond donors (Lipinski definition) is 2. The van der Waals surface area contributed by atoms with Gasteiger partial charge in [-0.3, -0.25) is 4.79 Å². The number of anilines is 2. The molecule has 138 valence electrons. The predicted octanol–water partition coefficient (Wildman–Crippen LogP) is 3.06. The fourth-order valence-corrected chi connectivity index (χ4v) is 3.75. The van der Waals surface area contributed by atoms with E-state index in [0.29, 0.717) is 32.4 Å². The summed E-state index contributed by atoms with van der Waals surface area (Å²) in [5, 5.41) is 9.87. The second-order valence-electron chi connectivity index (χ2n) is 7.14. The first-order chi connectivity index (χ1) is 12.5. The lowest BCUT2D eigenvalue weighted by Gasteiger charge is -2.39. The highest BCUT2D eigenvalue weighted by Gasteiger charge is 2.41. The van der Waals surface area contributed by atoms with Gasteiger partial charge in [0.05, 0.1) is 5.41 Å². The van der Waals surface area contributed by atoms with Crippen molar-refractivity contribution in [3.63, 3.8) is 0 Å². The minimum absolute atomic E-state index is 0.262. The second kappa shape index (κ2) is 7.72. The van der Waals surface area contributed by atoms with E-state index in [1.54, 1.807) is 0 Å². The number of carboxylic acids is 1. The van der Waals surface area contributed by atoms with Gasteiger partial charge in [0.25, 0.3) is 0 Å². The SMILES string of the molecule is Cc1cc(N2CCC(CCCc3ccccc3)(C(=O)O)CC2)nc(N)n1. The van der Waals surface area contributed by atoms with Crippen LogP contribution in [-0.2, 0) is 11.2 Å². The molecular formula is C20H26N4O2. The Morgan fingerprint density at radius 2 is 1.92 bits per heavy atom. The van der Waals surface area contributed by atoms with Crippen LogP contribution in [0.2, 0.25) is 0 Å². The number of carbonyl (C=O) groups is 1. The molecule has 6 nitrogen and oxygen atoms in total. The molecule has 0 atom stereocenters. The van der Waals surface area contributed by atoms with Crippen LogP contribution in [0.25, 0.3) is 0 Å². The summed E-state index contributed by atoms with van der Waals surface area (Å²) in [7, 11) is 0. The Labute approximate surface area is 154 Å². The summed E-state index contributed by atoms with van der Waals surface area (Å²) in [5.41, 5.74) is 7.19. The van der Waals surface area contributed by atoms with Crippen molar-refractivity contribution in [2.45, 2.75) is 39.0 Å². The van der Waals surface area contributed by atoms with Crippen molar-refractivity contribution in [2.75, 3.05) is 23.7 Å². The van der Waals surface area contributed by atoms with Crippen LogP contribution in [0.15, 0.2) is 36.4 Å². The third-order valence-corrected chi connectivity index (χ3v) is 5.32. The van der Waals surface area contributed by atoms with Crippen LogP contribution in [0.1, 0.15) is 36.9 Å². The lowest BCUT2D eigenvalue weighted by Crippen LogP contribution is -2.45. The van der Waals surface area contributed by atoms with Crippen LogP contribution in [0.4, 0.5) is 11.8 Å². The summed E-state index contributed by atoms with van der Waals surface area (Å²) in [6.45, 7) is 3.23. The number of aromatic nitrogens is 2. The highest BCUT2D eigenvalue weighted by atomic mass is 16.4. The van der Waals surface area contributed by atoms with Crippen LogP contribution in [0.3, 0.4) is 0 Å². The zero-order valence-corrected chi connectivity index (χ0v) is 15.2. The molecule has 2 aromatic rings. The summed E-state index contributed by atoms with van der Waals surface area (Å²) < 4.78 is 0. The molecule has 0 saturated carbocycles. The number of hydrogen-bond acceptors (Lipinski definition) is 5.